The fourth-order valence-electron chi connectivity index (χ4n) is 0.454. The Labute approximate surface area is 74.6 Å². The second-order valence-electron chi connectivity index (χ2n) is 2.05. The quantitative estimate of drug-likeness (QED) is 0.698. The third kappa shape index (κ3) is 3.49. The van der Waals surface area contributed by atoms with Gasteiger partial charge in [-0.05, 0) is 6.92 Å². The van der Waals surface area contributed by atoms with E-state index in [-0.39, 0.29) is 11.8 Å². The van der Waals surface area contributed by atoms with Crippen LogP contribution in [0.4, 0.5) is 0 Å². The van der Waals surface area contributed by atoms with Crippen LogP contribution in [0.1, 0.15) is 13.3 Å². The third-order valence-electron chi connectivity index (χ3n) is 0.898. The fourth-order valence-corrected chi connectivity index (χ4v) is 1.31. The maximum atomic E-state index is 10.5. The number of carbonyl (C=O) groups is 1. The van der Waals surface area contributed by atoms with Gasteiger partial charge in [0.15, 0.2) is 4.33 Å². The van der Waals surface area contributed by atoms with Gasteiger partial charge in [-0.1, -0.05) is 23.2 Å². The summed E-state index contributed by atoms with van der Waals surface area (Å²) in [6.45, 7) is 1.68. The molecule has 0 heterocycles. The van der Waals surface area contributed by atoms with Crippen molar-refractivity contribution in [3.63, 3.8) is 0 Å². The number of hydrogen-bond acceptors (Lipinski definition) is 1. The smallest absolute Gasteiger partial charge is 0.253 e. The molecule has 0 saturated heterocycles. The van der Waals surface area contributed by atoms with Crippen LogP contribution >= 0.6 is 34.8 Å². The van der Waals surface area contributed by atoms with Gasteiger partial charge in [0.25, 0.3) is 5.91 Å². The summed E-state index contributed by atoms with van der Waals surface area (Å²) in [6, 6.07) is 0. The highest BCUT2D eigenvalue weighted by Gasteiger charge is 2.32. The Morgan fingerprint density at radius 2 is 2.10 bits per heavy atom. The van der Waals surface area contributed by atoms with Crippen LogP contribution in [0.15, 0.2) is 0 Å². The molecule has 10 heavy (non-hydrogen) atoms. The van der Waals surface area contributed by atoms with Crippen LogP contribution in [-0.4, -0.2) is 15.6 Å². The van der Waals surface area contributed by atoms with Gasteiger partial charge >= 0.3 is 0 Å². The molecular formula is C5H8Cl3NO. The molecule has 0 saturated carbocycles. The molecule has 1 unspecified atom stereocenters. The SMILES string of the molecule is CC(Cl)CC(Cl)(Cl)C(N)=O. The summed E-state index contributed by atoms with van der Waals surface area (Å²) in [5.41, 5.74) is 4.86. The Kier molecular flexibility index (Phi) is 3.77. The minimum Gasteiger partial charge on any atom is -0.367 e. The number of halogens is 3. The van der Waals surface area contributed by atoms with E-state index >= 15 is 0 Å². The zero-order chi connectivity index (χ0) is 8.36. The molecule has 0 aromatic carbocycles. The topological polar surface area (TPSA) is 43.1 Å². The van der Waals surface area contributed by atoms with Crippen molar-refractivity contribution < 1.29 is 4.79 Å². The molecule has 0 aliphatic carbocycles. The maximum absolute atomic E-state index is 10.5. The van der Waals surface area contributed by atoms with Crippen molar-refractivity contribution >= 4 is 40.7 Å². The predicted octanol–water partition coefficient (Wildman–Crippen LogP) is 1.66. The molecule has 0 aliphatic rings. The standard InChI is InChI=1S/C5H8Cl3NO/c1-3(6)2-5(7,8)4(9)10/h3H,2H2,1H3,(H2,9,10). The molecule has 0 aromatic rings. The van der Waals surface area contributed by atoms with E-state index in [1.807, 2.05) is 0 Å². The summed E-state index contributed by atoms with van der Waals surface area (Å²) >= 11 is 16.5. The Morgan fingerprint density at radius 3 is 2.20 bits per heavy atom. The molecule has 0 spiro atoms. The number of carbonyl (C=O) groups excluding carboxylic acids is 1. The first-order chi connectivity index (χ1) is 4.36. The van der Waals surface area contributed by atoms with Gasteiger partial charge in [-0.2, -0.15) is 0 Å². The first-order valence-corrected chi connectivity index (χ1v) is 3.87. The number of primary amides is 1. The molecule has 60 valence electrons. The molecule has 0 fully saturated rings. The monoisotopic (exact) mass is 203 g/mol. The van der Waals surface area contributed by atoms with Gasteiger partial charge < -0.3 is 5.73 Å². The van der Waals surface area contributed by atoms with E-state index in [2.05, 4.69) is 0 Å². The maximum Gasteiger partial charge on any atom is 0.253 e. The molecule has 0 bridgehead atoms. The number of alkyl halides is 3. The van der Waals surface area contributed by atoms with Crippen molar-refractivity contribution in [2.75, 3.05) is 0 Å². The largest absolute Gasteiger partial charge is 0.367 e. The summed E-state index contributed by atoms with van der Waals surface area (Å²) in [5, 5.41) is -0.262. The van der Waals surface area contributed by atoms with E-state index < -0.39 is 10.2 Å². The Hall–Kier alpha value is 0.340. The summed E-state index contributed by atoms with van der Waals surface area (Å²) in [6.07, 6.45) is 0.160. The van der Waals surface area contributed by atoms with Crippen molar-refractivity contribution in [1.82, 2.24) is 0 Å². The highest BCUT2D eigenvalue weighted by Crippen LogP contribution is 2.27. The first-order valence-electron chi connectivity index (χ1n) is 2.68. The zero-order valence-corrected chi connectivity index (χ0v) is 7.67. The summed E-state index contributed by atoms with van der Waals surface area (Å²) in [4.78, 5) is 10.5. The molecule has 2 nitrogen and oxygen atoms in total. The van der Waals surface area contributed by atoms with Gasteiger partial charge in [0.1, 0.15) is 0 Å². The van der Waals surface area contributed by atoms with Crippen LogP contribution in [0.2, 0.25) is 0 Å². The zero-order valence-electron chi connectivity index (χ0n) is 5.40. The molecule has 1 atom stereocenters. The molecule has 1 amide bonds. The van der Waals surface area contributed by atoms with Gasteiger partial charge in [0.05, 0.1) is 0 Å². The minimum atomic E-state index is -1.53. The summed E-state index contributed by atoms with van der Waals surface area (Å²) in [5.74, 6) is -0.761. The van der Waals surface area contributed by atoms with Crippen LogP contribution in [0.25, 0.3) is 0 Å². The van der Waals surface area contributed by atoms with E-state index in [9.17, 15) is 4.79 Å². The van der Waals surface area contributed by atoms with E-state index in [1.165, 1.54) is 0 Å². The lowest BCUT2D eigenvalue weighted by Gasteiger charge is -2.15. The van der Waals surface area contributed by atoms with Gasteiger partial charge in [-0.15, -0.1) is 11.6 Å². The Balaban J connectivity index is 4.00. The summed E-state index contributed by atoms with van der Waals surface area (Å²) in [7, 11) is 0. The van der Waals surface area contributed by atoms with Gasteiger partial charge in [0, 0.05) is 11.8 Å². The predicted molar refractivity (Wildman–Crippen MR) is 43.6 cm³/mol. The lowest BCUT2D eigenvalue weighted by molar-refractivity contribution is -0.118. The van der Waals surface area contributed by atoms with Gasteiger partial charge in [0.2, 0.25) is 0 Å². The van der Waals surface area contributed by atoms with Crippen molar-refractivity contribution in [1.29, 1.82) is 0 Å². The highest BCUT2D eigenvalue weighted by molar-refractivity contribution is 6.58. The molecule has 0 rings (SSSR count). The van der Waals surface area contributed by atoms with Crippen LogP contribution in [0, 0.1) is 0 Å². The van der Waals surface area contributed by atoms with E-state index in [0.717, 1.165) is 0 Å². The lowest BCUT2D eigenvalue weighted by Crippen LogP contribution is -2.34. The summed E-state index contributed by atoms with van der Waals surface area (Å²) < 4.78 is -1.53. The van der Waals surface area contributed by atoms with Gasteiger partial charge in [-0.3, -0.25) is 4.79 Å². The first kappa shape index (κ1) is 10.3. The van der Waals surface area contributed by atoms with Crippen LogP contribution in [0.3, 0.4) is 0 Å². The van der Waals surface area contributed by atoms with Crippen LogP contribution < -0.4 is 5.73 Å². The molecule has 0 aromatic heterocycles. The number of nitrogens with two attached hydrogens (primary N) is 1. The fraction of sp³-hybridized carbons (Fsp3) is 0.800. The number of amides is 1. The number of rotatable bonds is 3. The second kappa shape index (κ2) is 3.65. The average molecular weight is 204 g/mol. The Bertz CT molecular complexity index is 135. The highest BCUT2D eigenvalue weighted by atomic mass is 35.5. The van der Waals surface area contributed by atoms with E-state index in [0.29, 0.717) is 0 Å². The number of hydrogen-bond donors (Lipinski definition) is 1. The third-order valence-corrected chi connectivity index (χ3v) is 1.73. The molecule has 5 heteroatoms. The van der Waals surface area contributed by atoms with Crippen molar-refractivity contribution in [2.24, 2.45) is 5.73 Å². The Morgan fingerprint density at radius 1 is 1.70 bits per heavy atom. The minimum absolute atomic E-state index is 0.160. The molecule has 2 N–H and O–H groups in total. The van der Waals surface area contributed by atoms with Crippen LogP contribution in [0.5, 0.6) is 0 Å². The molecule has 0 aliphatic heterocycles. The van der Waals surface area contributed by atoms with E-state index in [4.69, 9.17) is 40.5 Å². The van der Waals surface area contributed by atoms with Gasteiger partial charge in [-0.25, -0.2) is 0 Å². The lowest BCUT2D eigenvalue weighted by atomic mass is 10.2. The molecule has 0 radical (unpaired) electrons. The second-order valence-corrected chi connectivity index (χ2v) is 4.28. The van der Waals surface area contributed by atoms with E-state index in [1.54, 1.807) is 6.92 Å². The van der Waals surface area contributed by atoms with Crippen molar-refractivity contribution in [2.45, 2.75) is 23.1 Å². The molecular weight excluding hydrogens is 196 g/mol. The normalized spacial score (nSPS) is 14.8. The van der Waals surface area contributed by atoms with Crippen molar-refractivity contribution in [3.05, 3.63) is 0 Å². The van der Waals surface area contributed by atoms with Crippen molar-refractivity contribution in [3.8, 4) is 0 Å². The van der Waals surface area contributed by atoms with Crippen LogP contribution in [-0.2, 0) is 4.79 Å². The average Bonchev–Trinajstić information content (AvgIpc) is 1.60.